The number of methoxy groups -OCH3 is 1. The van der Waals surface area contributed by atoms with E-state index in [0.717, 1.165) is 16.9 Å². The van der Waals surface area contributed by atoms with Gasteiger partial charge in [-0.2, -0.15) is 0 Å². The van der Waals surface area contributed by atoms with Crippen LogP contribution in [0.25, 0.3) is 0 Å². The van der Waals surface area contributed by atoms with Gasteiger partial charge in [0.15, 0.2) is 0 Å². The van der Waals surface area contributed by atoms with Crippen LogP contribution in [0.1, 0.15) is 22.9 Å². The Kier molecular flexibility index (Phi) is 7.59. The number of ether oxygens (including phenoxy) is 2. The molecule has 0 spiro atoms. The molecule has 2 heterocycles. The number of amides is 1. The van der Waals surface area contributed by atoms with Crippen LogP contribution < -0.4 is 19.7 Å². The molecule has 1 aromatic carbocycles. The van der Waals surface area contributed by atoms with Gasteiger partial charge in [0.05, 0.1) is 7.11 Å². The summed E-state index contributed by atoms with van der Waals surface area (Å²) in [6.45, 7) is 5.89. The lowest BCUT2D eigenvalue weighted by Gasteiger charge is -2.15. The van der Waals surface area contributed by atoms with Gasteiger partial charge >= 0.3 is 0 Å². The molecule has 0 radical (unpaired) electrons. The average Bonchev–Trinajstić information content (AvgIpc) is 2.82. The number of rotatable bonds is 9. The normalized spacial score (nSPS) is 10.6. The van der Waals surface area contributed by atoms with Gasteiger partial charge in [-0.25, -0.2) is 9.97 Å². The average molecular weight is 433 g/mol. The number of hydrogen-bond acceptors (Lipinski definition) is 6. The zero-order valence-electron chi connectivity index (χ0n) is 18.4. The van der Waals surface area contributed by atoms with E-state index in [4.69, 9.17) is 9.47 Å². The molecule has 0 unspecified atom stereocenters. The van der Waals surface area contributed by atoms with Crippen LogP contribution in [0.3, 0.4) is 0 Å². The van der Waals surface area contributed by atoms with Crippen molar-refractivity contribution in [2.45, 2.75) is 13.5 Å². The summed E-state index contributed by atoms with van der Waals surface area (Å²) in [5.74, 6) is 2.29. The maximum atomic E-state index is 12.8. The van der Waals surface area contributed by atoms with Crippen LogP contribution >= 0.6 is 0 Å². The largest absolute Gasteiger partial charge is 0.481 e. The Bertz CT molecular complexity index is 1120. The van der Waals surface area contributed by atoms with Crippen LogP contribution in [-0.4, -0.2) is 30.0 Å². The van der Waals surface area contributed by atoms with Crippen molar-refractivity contribution in [3.8, 4) is 17.4 Å². The van der Waals surface area contributed by atoms with Crippen molar-refractivity contribution in [2.24, 2.45) is 0 Å². The monoisotopic (exact) mass is 432 g/mol. The van der Waals surface area contributed by atoms with Gasteiger partial charge in [-0.1, -0.05) is 24.8 Å². The second-order valence-electron chi connectivity index (χ2n) is 6.96. The third-order valence-corrected chi connectivity index (χ3v) is 4.74. The number of nitrogens with zero attached hydrogens (tertiary/aromatic N) is 3. The highest BCUT2D eigenvalue weighted by Crippen LogP contribution is 2.28. The molecule has 3 aromatic rings. The van der Waals surface area contributed by atoms with Gasteiger partial charge in [-0.15, -0.1) is 0 Å². The molecule has 7 heteroatoms. The molecule has 1 N–H and O–H groups in total. The molecule has 0 bridgehead atoms. The van der Waals surface area contributed by atoms with E-state index in [1.807, 2.05) is 49.3 Å². The van der Waals surface area contributed by atoms with E-state index in [1.54, 1.807) is 49.8 Å². The van der Waals surface area contributed by atoms with Gasteiger partial charge in [0, 0.05) is 56.9 Å². The molecule has 32 heavy (non-hydrogen) atoms. The van der Waals surface area contributed by atoms with Gasteiger partial charge < -0.3 is 19.7 Å². The van der Waals surface area contributed by atoms with Crippen molar-refractivity contribution in [3.05, 3.63) is 96.5 Å². The highest BCUT2D eigenvalue weighted by molar-refractivity contribution is 5.96. The van der Waals surface area contributed by atoms with Crippen molar-refractivity contribution in [2.75, 3.05) is 19.1 Å². The molecule has 0 aliphatic carbocycles. The van der Waals surface area contributed by atoms with E-state index in [9.17, 15) is 4.79 Å². The van der Waals surface area contributed by atoms with Crippen LogP contribution in [0.15, 0.2) is 79.8 Å². The second-order valence-corrected chi connectivity index (χ2v) is 6.96. The topological polar surface area (TPSA) is 76.6 Å². The molecule has 0 saturated heterocycles. The zero-order valence-corrected chi connectivity index (χ0v) is 18.4. The number of benzene rings is 1. The summed E-state index contributed by atoms with van der Waals surface area (Å²) in [5.41, 5.74) is 2.17. The number of allylic oxidation sites excluding steroid dienone is 2. The molecule has 0 fully saturated rings. The van der Waals surface area contributed by atoms with Crippen LogP contribution in [0, 0.1) is 6.92 Å². The summed E-state index contributed by atoms with van der Waals surface area (Å²) in [6, 6.07) is 12.6. The molecular formula is C25H28N4O3. The van der Waals surface area contributed by atoms with Gasteiger partial charge in [-0.05, 0) is 36.8 Å². The fraction of sp³-hybridized carbons (Fsp3) is 0.160. The molecular weight excluding hydrogens is 404 g/mol. The van der Waals surface area contributed by atoms with Crippen LogP contribution in [-0.2, 0) is 6.54 Å². The maximum Gasteiger partial charge on any atom is 0.251 e. The number of pyridine rings is 2. The predicted molar refractivity (Wildman–Crippen MR) is 127 cm³/mol. The van der Waals surface area contributed by atoms with Crippen molar-refractivity contribution in [1.29, 1.82) is 0 Å². The lowest BCUT2D eigenvalue weighted by Crippen LogP contribution is -2.23. The number of carbonyl (C=O) groups is 1. The van der Waals surface area contributed by atoms with Crippen LogP contribution in [0.2, 0.25) is 0 Å². The second kappa shape index (κ2) is 10.8. The summed E-state index contributed by atoms with van der Waals surface area (Å²) in [5, 5.41) is 2.92. The SMILES string of the molecule is C=C/C=C\N(C)c1cc(Oc2cccc(C(=O)NCc3ccc(OC)nc3)c2C)ccn1.[HH]. The maximum absolute atomic E-state index is 12.8. The van der Waals surface area contributed by atoms with E-state index in [-0.39, 0.29) is 7.33 Å². The summed E-state index contributed by atoms with van der Waals surface area (Å²) in [6.07, 6.45) is 8.73. The first-order chi connectivity index (χ1) is 15.5. The Morgan fingerprint density at radius 1 is 1.25 bits per heavy atom. The molecule has 7 nitrogen and oxygen atoms in total. The molecule has 2 aromatic heterocycles. The van der Waals surface area contributed by atoms with Crippen LogP contribution in [0.4, 0.5) is 5.82 Å². The zero-order chi connectivity index (χ0) is 22.9. The summed E-state index contributed by atoms with van der Waals surface area (Å²) >= 11 is 0. The van der Waals surface area contributed by atoms with E-state index in [1.165, 1.54) is 0 Å². The van der Waals surface area contributed by atoms with Crippen molar-refractivity contribution in [3.63, 3.8) is 0 Å². The standard InChI is InChI=1S/C25H26N4O3.H2/c1-5-6-14-29(3)23-15-20(12-13-26-23)32-22-9-7-8-21(18(22)2)25(30)28-17-19-10-11-24(31-4)27-16-19;/h5-16H,1,17H2,2-4H3,(H,28,30);1H/b14-6-;. The Labute approximate surface area is 189 Å². The van der Waals surface area contributed by atoms with Crippen molar-refractivity contribution in [1.82, 2.24) is 15.3 Å². The Morgan fingerprint density at radius 3 is 2.81 bits per heavy atom. The van der Waals surface area contributed by atoms with E-state index in [0.29, 0.717) is 29.5 Å². The number of aromatic nitrogens is 2. The third-order valence-electron chi connectivity index (χ3n) is 4.74. The minimum absolute atomic E-state index is 0. The fourth-order valence-corrected chi connectivity index (χ4v) is 2.93. The van der Waals surface area contributed by atoms with E-state index in [2.05, 4.69) is 21.9 Å². The fourth-order valence-electron chi connectivity index (χ4n) is 2.93. The molecule has 1 amide bonds. The molecule has 0 saturated carbocycles. The third kappa shape index (κ3) is 5.72. The first-order valence-electron chi connectivity index (χ1n) is 10.0. The first kappa shape index (κ1) is 22.6. The number of anilines is 1. The molecule has 3 rings (SSSR count). The van der Waals surface area contributed by atoms with Crippen molar-refractivity contribution >= 4 is 11.7 Å². The summed E-state index contributed by atoms with van der Waals surface area (Å²) < 4.78 is 11.1. The summed E-state index contributed by atoms with van der Waals surface area (Å²) in [4.78, 5) is 23.1. The summed E-state index contributed by atoms with van der Waals surface area (Å²) in [7, 11) is 3.45. The van der Waals surface area contributed by atoms with Gasteiger partial charge in [0.2, 0.25) is 5.88 Å². The smallest absolute Gasteiger partial charge is 0.251 e. The van der Waals surface area contributed by atoms with Gasteiger partial charge in [-0.3, -0.25) is 4.79 Å². The Balaban J connectivity index is 0.00000385. The van der Waals surface area contributed by atoms with E-state index < -0.39 is 0 Å². The molecule has 0 aliphatic heterocycles. The lowest BCUT2D eigenvalue weighted by molar-refractivity contribution is 0.0950. The quantitative estimate of drug-likeness (QED) is 0.485. The van der Waals surface area contributed by atoms with E-state index >= 15 is 0 Å². The van der Waals surface area contributed by atoms with Crippen molar-refractivity contribution < 1.29 is 15.7 Å². The van der Waals surface area contributed by atoms with Gasteiger partial charge in [0.25, 0.3) is 5.91 Å². The molecule has 0 atom stereocenters. The highest BCUT2D eigenvalue weighted by atomic mass is 16.5. The number of hydrogen-bond donors (Lipinski definition) is 1. The number of carbonyl (C=O) groups excluding carboxylic acids is 1. The Morgan fingerprint density at radius 2 is 2.09 bits per heavy atom. The predicted octanol–water partition coefficient (Wildman–Crippen LogP) is 4.90. The molecule has 166 valence electrons. The molecule has 0 aliphatic rings. The minimum Gasteiger partial charge on any atom is -0.481 e. The minimum atomic E-state index is -0.187. The lowest BCUT2D eigenvalue weighted by atomic mass is 10.1. The highest BCUT2D eigenvalue weighted by Gasteiger charge is 2.13. The van der Waals surface area contributed by atoms with Gasteiger partial charge in [0.1, 0.15) is 17.3 Å². The first-order valence-corrected chi connectivity index (χ1v) is 10.0. The Hall–Kier alpha value is -4.13. The van der Waals surface area contributed by atoms with Crippen LogP contribution in [0.5, 0.6) is 17.4 Å². The number of nitrogens with one attached hydrogen (secondary N) is 1.